The average molecular weight is 279 g/mol. The smallest absolute Gasteiger partial charge is 0.233 e. The van der Waals surface area contributed by atoms with Gasteiger partial charge in [-0.2, -0.15) is 0 Å². The molecule has 0 aliphatic rings. The van der Waals surface area contributed by atoms with E-state index in [0.717, 1.165) is 40.5 Å². The van der Waals surface area contributed by atoms with Crippen molar-refractivity contribution in [1.29, 1.82) is 0 Å². The van der Waals surface area contributed by atoms with Crippen molar-refractivity contribution in [2.24, 2.45) is 5.84 Å². The van der Waals surface area contributed by atoms with Gasteiger partial charge in [-0.3, -0.25) is 10.2 Å². The normalized spacial score (nSPS) is 10.8. The molecule has 0 spiro atoms. The molecule has 6 nitrogen and oxygen atoms in total. The molecule has 19 heavy (non-hydrogen) atoms. The zero-order valence-electron chi connectivity index (χ0n) is 10.5. The summed E-state index contributed by atoms with van der Waals surface area (Å²) in [6.45, 7) is 0. The number of nitrogen functional groups attached to an aromatic ring is 1. The number of hydrogen-bond donors (Lipinski definition) is 4. The number of hydrogen-bond acceptors (Lipinski definition) is 5. The maximum atomic E-state index is 10.9. The molecule has 1 heterocycles. The van der Waals surface area contributed by atoms with Crippen LogP contribution in [-0.2, 0) is 4.79 Å². The SMILES string of the molecule is NNC(=O)CCCCSc1nc2ccc(N)cc2[nH]1. The van der Waals surface area contributed by atoms with Gasteiger partial charge in [0.1, 0.15) is 0 Å². The van der Waals surface area contributed by atoms with E-state index < -0.39 is 0 Å². The molecule has 1 aromatic carbocycles. The summed E-state index contributed by atoms with van der Waals surface area (Å²) in [6.07, 6.45) is 2.23. The summed E-state index contributed by atoms with van der Waals surface area (Å²) in [5.74, 6) is 5.79. The van der Waals surface area contributed by atoms with Crippen molar-refractivity contribution in [3.05, 3.63) is 18.2 Å². The lowest BCUT2D eigenvalue weighted by molar-refractivity contribution is -0.121. The Hall–Kier alpha value is -1.73. The minimum Gasteiger partial charge on any atom is -0.399 e. The number of aromatic nitrogens is 2. The molecule has 2 rings (SSSR count). The fourth-order valence-electron chi connectivity index (χ4n) is 1.70. The standard InChI is InChI=1S/C12H17N5OS/c13-8-4-5-9-10(7-8)16-12(15-9)19-6-2-1-3-11(18)17-14/h4-5,7H,1-3,6,13-14H2,(H,15,16)(H,17,18). The summed E-state index contributed by atoms with van der Waals surface area (Å²) < 4.78 is 0. The molecule has 1 amide bonds. The third-order valence-corrected chi connectivity index (χ3v) is 3.64. The number of imidazole rings is 1. The number of hydrazine groups is 1. The quantitative estimate of drug-likeness (QED) is 0.159. The lowest BCUT2D eigenvalue weighted by Gasteiger charge is -1.99. The zero-order valence-corrected chi connectivity index (χ0v) is 11.3. The Morgan fingerprint density at radius 3 is 3.05 bits per heavy atom. The van der Waals surface area contributed by atoms with Crippen molar-refractivity contribution in [2.45, 2.75) is 24.4 Å². The van der Waals surface area contributed by atoms with E-state index in [1.54, 1.807) is 11.8 Å². The molecule has 102 valence electrons. The van der Waals surface area contributed by atoms with E-state index in [1.165, 1.54) is 0 Å². The van der Waals surface area contributed by atoms with Gasteiger partial charge in [0.25, 0.3) is 0 Å². The second-order valence-corrected chi connectivity index (χ2v) is 5.28. The number of carbonyl (C=O) groups excluding carboxylic acids is 1. The summed E-state index contributed by atoms with van der Waals surface area (Å²) in [5, 5.41) is 0.879. The topological polar surface area (TPSA) is 110 Å². The molecule has 0 saturated heterocycles. The highest BCUT2D eigenvalue weighted by molar-refractivity contribution is 7.99. The lowest BCUT2D eigenvalue weighted by Crippen LogP contribution is -2.29. The Bertz CT molecular complexity index is 568. The summed E-state index contributed by atoms with van der Waals surface area (Å²) in [7, 11) is 0. The molecule has 0 unspecified atom stereocenters. The fraction of sp³-hybridized carbons (Fsp3) is 0.333. The Balaban J connectivity index is 1.80. The van der Waals surface area contributed by atoms with Crippen LogP contribution < -0.4 is 17.0 Å². The van der Waals surface area contributed by atoms with Crippen molar-refractivity contribution < 1.29 is 4.79 Å². The van der Waals surface area contributed by atoms with Gasteiger partial charge in [-0.1, -0.05) is 11.8 Å². The molecule has 0 aliphatic heterocycles. The third-order valence-electron chi connectivity index (χ3n) is 2.68. The molecule has 0 fully saturated rings. The van der Waals surface area contributed by atoms with Crippen molar-refractivity contribution in [2.75, 3.05) is 11.5 Å². The fourth-order valence-corrected chi connectivity index (χ4v) is 2.59. The van der Waals surface area contributed by atoms with Crippen LogP contribution in [0, 0.1) is 0 Å². The third kappa shape index (κ3) is 3.87. The van der Waals surface area contributed by atoms with Gasteiger partial charge < -0.3 is 10.7 Å². The van der Waals surface area contributed by atoms with Crippen LogP contribution in [0.15, 0.2) is 23.4 Å². The number of amides is 1. The van der Waals surface area contributed by atoms with Gasteiger partial charge in [0, 0.05) is 17.9 Å². The van der Waals surface area contributed by atoms with Gasteiger partial charge in [-0.15, -0.1) is 0 Å². The number of anilines is 1. The van der Waals surface area contributed by atoms with Gasteiger partial charge in [-0.25, -0.2) is 10.8 Å². The largest absolute Gasteiger partial charge is 0.399 e. The molecule has 0 saturated carbocycles. The molecule has 7 heteroatoms. The number of aromatic amines is 1. The maximum absolute atomic E-state index is 10.9. The Kier molecular flexibility index (Phi) is 4.64. The number of benzene rings is 1. The first-order valence-corrected chi connectivity index (χ1v) is 7.05. The predicted molar refractivity (Wildman–Crippen MR) is 77.4 cm³/mol. The molecular weight excluding hydrogens is 262 g/mol. The summed E-state index contributed by atoms with van der Waals surface area (Å²) in [4.78, 5) is 18.6. The zero-order chi connectivity index (χ0) is 13.7. The number of fused-ring (bicyclic) bond motifs is 1. The van der Waals surface area contributed by atoms with Crippen LogP contribution in [0.3, 0.4) is 0 Å². The molecule has 1 aromatic heterocycles. The molecular formula is C12H17N5OS. The number of H-pyrrole nitrogens is 1. The Labute approximate surface area is 115 Å². The lowest BCUT2D eigenvalue weighted by atomic mass is 10.2. The van der Waals surface area contributed by atoms with Crippen LogP contribution in [-0.4, -0.2) is 21.6 Å². The highest BCUT2D eigenvalue weighted by Crippen LogP contribution is 2.22. The van der Waals surface area contributed by atoms with Crippen molar-refractivity contribution >= 4 is 34.4 Å². The van der Waals surface area contributed by atoms with E-state index in [9.17, 15) is 4.79 Å². The van der Waals surface area contributed by atoms with Gasteiger partial charge in [0.15, 0.2) is 5.16 Å². The molecule has 0 radical (unpaired) electrons. The predicted octanol–water partition coefficient (Wildman–Crippen LogP) is 1.40. The van der Waals surface area contributed by atoms with Gasteiger partial charge in [-0.05, 0) is 31.0 Å². The average Bonchev–Trinajstić information content (AvgIpc) is 2.79. The molecule has 2 aromatic rings. The summed E-state index contributed by atoms with van der Waals surface area (Å²) in [6, 6.07) is 5.61. The van der Waals surface area contributed by atoms with E-state index in [2.05, 4.69) is 15.4 Å². The van der Waals surface area contributed by atoms with E-state index in [0.29, 0.717) is 6.42 Å². The molecule has 0 aliphatic carbocycles. The van der Waals surface area contributed by atoms with E-state index in [1.807, 2.05) is 18.2 Å². The first kappa shape index (κ1) is 13.7. The highest BCUT2D eigenvalue weighted by Gasteiger charge is 2.04. The molecule has 0 bridgehead atoms. The van der Waals surface area contributed by atoms with Crippen molar-refractivity contribution in [3.63, 3.8) is 0 Å². The van der Waals surface area contributed by atoms with Crippen LogP contribution >= 0.6 is 11.8 Å². The first-order chi connectivity index (χ1) is 9.19. The number of nitrogens with two attached hydrogens (primary N) is 2. The van der Waals surface area contributed by atoms with Gasteiger partial charge >= 0.3 is 0 Å². The number of thioether (sulfide) groups is 1. The number of carbonyl (C=O) groups is 1. The molecule has 0 atom stereocenters. The number of nitrogens with one attached hydrogen (secondary N) is 2. The highest BCUT2D eigenvalue weighted by atomic mass is 32.2. The van der Waals surface area contributed by atoms with E-state index in [4.69, 9.17) is 11.6 Å². The second-order valence-electron chi connectivity index (χ2n) is 4.19. The van der Waals surface area contributed by atoms with Crippen LogP contribution in [0.25, 0.3) is 11.0 Å². The summed E-state index contributed by atoms with van der Waals surface area (Å²) in [5.41, 5.74) is 10.4. The van der Waals surface area contributed by atoms with Crippen LogP contribution in [0.4, 0.5) is 5.69 Å². The maximum Gasteiger partial charge on any atom is 0.233 e. The van der Waals surface area contributed by atoms with Gasteiger partial charge in [0.2, 0.25) is 5.91 Å². The van der Waals surface area contributed by atoms with Crippen LogP contribution in [0.2, 0.25) is 0 Å². The minimum atomic E-state index is -0.121. The number of unbranched alkanes of at least 4 members (excludes halogenated alkanes) is 1. The second kappa shape index (κ2) is 6.44. The minimum absolute atomic E-state index is 0.121. The number of nitrogens with zero attached hydrogens (tertiary/aromatic N) is 1. The van der Waals surface area contributed by atoms with Crippen molar-refractivity contribution in [3.8, 4) is 0 Å². The van der Waals surface area contributed by atoms with Crippen LogP contribution in [0.5, 0.6) is 0 Å². The Morgan fingerprint density at radius 2 is 2.26 bits per heavy atom. The Morgan fingerprint density at radius 1 is 1.42 bits per heavy atom. The van der Waals surface area contributed by atoms with E-state index in [-0.39, 0.29) is 5.91 Å². The first-order valence-electron chi connectivity index (χ1n) is 6.06. The summed E-state index contributed by atoms with van der Waals surface area (Å²) >= 11 is 1.64. The van der Waals surface area contributed by atoms with Gasteiger partial charge in [0.05, 0.1) is 11.0 Å². The monoisotopic (exact) mass is 279 g/mol. The van der Waals surface area contributed by atoms with Crippen molar-refractivity contribution in [1.82, 2.24) is 15.4 Å². The molecule has 6 N–H and O–H groups in total. The van der Waals surface area contributed by atoms with Crippen LogP contribution in [0.1, 0.15) is 19.3 Å². The number of rotatable bonds is 6. The van der Waals surface area contributed by atoms with E-state index >= 15 is 0 Å².